The Hall–Kier alpha value is -2.87. The van der Waals surface area contributed by atoms with Gasteiger partial charge in [-0.2, -0.15) is 0 Å². The molecule has 2 heterocycles. The minimum atomic E-state index is -0.506. The quantitative estimate of drug-likeness (QED) is 0.526. The van der Waals surface area contributed by atoms with Crippen LogP contribution in [0.15, 0.2) is 58.2 Å². The predicted octanol–water partition coefficient (Wildman–Crippen LogP) is 4.81. The number of thioether (sulfide) groups is 1. The second kappa shape index (κ2) is 8.47. The van der Waals surface area contributed by atoms with Gasteiger partial charge in [-0.1, -0.05) is 30.0 Å². The van der Waals surface area contributed by atoms with Crippen molar-refractivity contribution in [3.8, 4) is 5.75 Å². The Morgan fingerprint density at radius 1 is 1.20 bits per heavy atom. The van der Waals surface area contributed by atoms with Gasteiger partial charge < -0.3 is 14.1 Å². The molecule has 0 saturated carbocycles. The van der Waals surface area contributed by atoms with Crippen molar-refractivity contribution in [1.82, 2.24) is 10.2 Å². The molecular formula is C22H22FN3O3S. The fraction of sp³-hybridized carbons (Fsp3) is 0.318. The number of ether oxygens (including phenoxy) is 1. The largest absolute Gasteiger partial charge is 0.481 e. The monoisotopic (exact) mass is 427 g/mol. The summed E-state index contributed by atoms with van der Waals surface area (Å²) in [6.07, 6.45) is 0.344. The number of hydrogen-bond acceptors (Lipinski definition) is 6. The fourth-order valence-electron chi connectivity index (χ4n) is 3.50. The highest BCUT2D eigenvalue weighted by atomic mass is 32.2. The third kappa shape index (κ3) is 4.18. The summed E-state index contributed by atoms with van der Waals surface area (Å²) in [5.41, 5.74) is 2.15. The van der Waals surface area contributed by atoms with E-state index in [4.69, 9.17) is 9.15 Å². The Labute approximate surface area is 178 Å². The minimum absolute atomic E-state index is 0.00723. The van der Waals surface area contributed by atoms with E-state index in [9.17, 15) is 9.18 Å². The van der Waals surface area contributed by atoms with Crippen LogP contribution in [0.3, 0.4) is 0 Å². The van der Waals surface area contributed by atoms with E-state index >= 15 is 0 Å². The number of anilines is 1. The van der Waals surface area contributed by atoms with Crippen LogP contribution in [-0.2, 0) is 11.2 Å². The zero-order valence-corrected chi connectivity index (χ0v) is 17.7. The zero-order valence-electron chi connectivity index (χ0n) is 16.9. The van der Waals surface area contributed by atoms with E-state index in [0.29, 0.717) is 16.9 Å². The van der Waals surface area contributed by atoms with Crippen LogP contribution in [0, 0.1) is 5.82 Å². The van der Waals surface area contributed by atoms with E-state index < -0.39 is 6.10 Å². The van der Waals surface area contributed by atoms with Crippen molar-refractivity contribution in [2.45, 2.75) is 49.8 Å². The molecule has 8 heteroatoms. The van der Waals surface area contributed by atoms with Crippen molar-refractivity contribution in [2.24, 2.45) is 0 Å². The molecular weight excluding hydrogens is 405 g/mol. The minimum Gasteiger partial charge on any atom is -0.481 e. The first-order valence-electron chi connectivity index (χ1n) is 9.75. The highest BCUT2D eigenvalue weighted by Crippen LogP contribution is 2.35. The Morgan fingerprint density at radius 2 is 1.93 bits per heavy atom. The Kier molecular flexibility index (Phi) is 5.76. The van der Waals surface area contributed by atoms with Gasteiger partial charge in [0.2, 0.25) is 5.91 Å². The molecule has 0 fully saturated rings. The molecule has 4 rings (SSSR count). The number of amides is 1. The smallest absolute Gasteiger partial charge is 0.277 e. The summed E-state index contributed by atoms with van der Waals surface area (Å²) >= 11 is 1.23. The van der Waals surface area contributed by atoms with Crippen LogP contribution in [0.4, 0.5) is 10.1 Å². The molecule has 156 valence electrons. The lowest BCUT2D eigenvalue weighted by Gasteiger charge is -2.25. The molecule has 1 amide bonds. The maximum absolute atomic E-state index is 13.1. The van der Waals surface area contributed by atoms with Crippen molar-refractivity contribution >= 4 is 23.4 Å². The van der Waals surface area contributed by atoms with Crippen LogP contribution in [-0.4, -0.2) is 27.4 Å². The molecule has 0 spiro atoms. The van der Waals surface area contributed by atoms with E-state index in [1.165, 1.54) is 41.6 Å². The van der Waals surface area contributed by atoms with Crippen molar-refractivity contribution < 1.29 is 18.3 Å². The molecule has 0 N–H and O–H groups in total. The second-order valence-corrected chi connectivity index (χ2v) is 8.56. The first kappa shape index (κ1) is 20.4. The summed E-state index contributed by atoms with van der Waals surface area (Å²) in [6, 6.07) is 13.8. The van der Waals surface area contributed by atoms with Crippen LogP contribution >= 0.6 is 11.8 Å². The van der Waals surface area contributed by atoms with E-state index in [2.05, 4.69) is 23.2 Å². The lowest BCUT2D eigenvalue weighted by atomic mass is 10.1. The van der Waals surface area contributed by atoms with E-state index in [1.54, 1.807) is 6.92 Å². The summed E-state index contributed by atoms with van der Waals surface area (Å²) in [6.45, 7) is 5.65. The van der Waals surface area contributed by atoms with Crippen LogP contribution in [0.2, 0.25) is 0 Å². The molecule has 3 atom stereocenters. The van der Waals surface area contributed by atoms with Crippen molar-refractivity contribution in [2.75, 3.05) is 4.90 Å². The number of fused-ring (bicyclic) bond motifs is 1. The lowest BCUT2D eigenvalue weighted by Crippen LogP contribution is -2.40. The Bertz CT molecular complexity index is 1040. The number of carbonyl (C=O) groups excluding carboxylic acids is 1. The number of nitrogens with zero attached hydrogens (tertiary/aromatic N) is 3. The summed E-state index contributed by atoms with van der Waals surface area (Å²) in [4.78, 5) is 14.9. The Morgan fingerprint density at radius 3 is 2.70 bits per heavy atom. The maximum Gasteiger partial charge on any atom is 0.277 e. The highest BCUT2D eigenvalue weighted by molar-refractivity contribution is 8.00. The first-order chi connectivity index (χ1) is 14.4. The van der Waals surface area contributed by atoms with Crippen molar-refractivity contribution in [3.63, 3.8) is 0 Å². The topological polar surface area (TPSA) is 68.5 Å². The van der Waals surface area contributed by atoms with Gasteiger partial charge in [-0.15, -0.1) is 10.2 Å². The van der Waals surface area contributed by atoms with Crippen molar-refractivity contribution in [3.05, 3.63) is 65.8 Å². The Balaban J connectivity index is 1.40. The standard InChI is InChI=1S/C22H22FN3O3S/c1-13-12-16-6-4-5-7-19(16)26(13)21(27)15(3)30-22-25-24-20(29-22)14(2)28-18-10-8-17(23)9-11-18/h4-11,13-15H,12H2,1-3H3/t13-,14-,15+/m1/s1. The normalized spacial score (nSPS) is 17.5. The number of carbonyl (C=O) groups is 1. The van der Waals surface area contributed by atoms with Crippen LogP contribution in [0.25, 0.3) is 0 Å². The number of aromatic nitrogens is 2. The molecule has 30 heavy (non-hydrogen) atoms. The summed E-state index contributed by atoms with van der Waals surface area (Å²) in [7, 11) is 0. The molecule has 3 aromatic rings. The molecule has 6 nitrogen and oxygen atoms in total. The van der Waals surface area contributed by atoms with Gasteiger partial charge >= 0.3 is 0 Å². The molecule has 1 aliphatic rings. The van der Waals surface area contributed by atoms with Crippen LogP contribution < -0.4 is 9.64 Å². The number of rotatable bonds is 6. The number of para-hydroxylation sites is 1. The van der Waals surface area contributed by atoms with E-state index in [-0.39, 0.29) is 23.0 Å². The third-order valence-corrected chi connectivity index (χ3v) is 5.89. The van der Waals surface area contributed by atoms with Crippen molar-refractivity contribution in [1.29, 1.82) is 0 Å². The van der Waals surface area contributed by atoms with Crippen LogP contribution in [0.5, 0.6) is 5.75 Å². The molecule has 0 unspecified atom stereocenters. The second-order valence-electron chi connectivity index (χ2n) is 7.27. The predicted molar refractivity (Wildman–Crippen MR) is 112 cm³/mol. The first-order valence-corrected chi connectivity index (χ1v) is 10.6. The van der Waals surface area contributed by atoms with Gasteiger partial charge in [0, 0.05) is 11.7 Å². The van der Waals surface area contributed by atoms with Gasteiger partial charge in [0.1, 0.15) is 11.6 Å². The summed E-state index contributed by atoms with van der Waals surface area (Å²) in [5, 5.41) is 7.99. The molecule has 2 aromatic carbocycles. The van der Waals surface area contributed by atoms with Gasteiger partial charge in [0.15, 0.2) is 6.10 Å². The average molecular weight is 428 g/mol. The summed E-state index contributed by atoms with van der Waals surface area (Å²) < 4.78 is 24.4. The van der Waals surface area contributed by atoms with E-state index in [0.717, 1.165) is 12.1 Å². The number of benzene rings is 2. The van der Waals surface area contributed by atoms with Gasteiger partial charge in [0.05, 0.1) is 5.25 Å². The highest BCUT2D eigenvalue weighted by Gasteiger charge is 2.34. The average Bonchev–Trinajstić information content (AvgIpc) is 3.32. The molecule has 1 aromatic heterocycles. The SMILES string of the molecule is C[C@H](Sc1nnc([C@@H](C)Oc2ccc(F)cc2)o1)C(=O)N1c2ccccc2C[C@H]1C. The van der Waals surface area contributed by atoms with Crippen LogP contribution in [0.1, 0.15) is 38.3 Å². The fourth-order valence-corrected chi connectivity index (χ4v) is 4.24. The van der Waals surface area contributed by atoms with Gasteiger partial charge in [0.25, 0.3) is 11.1 Å². The molecule has 0 saturated heterocycles. The third-order valence-electron chi connectivity index (χ3n) is 4.97. The molecule has 0 aliphatic carbocycles. The molecule has 0 bridgehead atoms. The van der Waals surface area contributed by atoms with Gasteiger partial charge in [-0.05, 0) is 63.1 Å². The van der Waals surface area contributed by atoms with E-state index in [1.807, 2.05) is 30.0 Å². The maximum atomic E-state index is 13.1. The van der Waals surface area contributed by atoms with Gasteiger partial charge in [-0.25, -0.2) is 4.39 Å². The number of halogens is 1. The summed E-state index contributed by atoms with van der Waals surface area (Å²) in [5.74, 6) is 0.468. The number of hydrogen-bond donors (Lipinski definition) is 0. The molecule has 1 aliphatic heterocycles. The lowest BCUT2D eigenvalue weighted by molar-refractivity contribution is -0.118. The van der Waals surface area contributed by atoms with Gasteiger partial charge in [-0.3, -0.25) is 4.79 Å². The molecule has 0 radical (unpaired) electrons. The zero-order chi connectivity index (χ0) is 21.3.